The lowest BCUT2D eigenvalue weighted by Gasteiger charge is -2.31. The van der Waals surface area contributed by atoms with Crippen molar-refractivity contribution in [2.75, 3.05) is 17.7 Å². The zero-order valence-electron chi connectivity index (χ0n) is 17.2. The Labute approximate surface area is 182 Å². The Hall–Kier alpha value is -3.51. The number of alkyl halides is 7. The highest BCUT2D eigenvalue weighted by Crippen LogP contribution is 2.53. The molecule has 0 fully saturated rings. The third-order valence-corrected chi connectivity index (χ3v) is 4.66. The van der Waals surface area contributed by atoms with Gasteiger partial charge in [-0.1, -0.05) is 18.2 Å². The Morgan fingerprint density at radius 1 is 0.909 bits per heavy atom. The van der Waals surface area contributed by atoms with Crippen molar-refractivity contribution in [1.82, 2.24) is 0 Å². The van der Waals surface area contributed by atoms with Crippen molar-refractivity contribution in [1.29, 1.82) is 0 Å². The average Bonchev–Trinajstić information content (AvgIpc) is 2.67. The second kappa shape index (κ2) is 8.79. The lowest BCUT2D eigenvalue weighted by molar-refractivity contribution is -0.348. The molecule has 0 saturated heterocycles. The summed E-state index contributed by atoms with van der Waals surface area (Å²) in [5, 5.41) is 13.2. The first-order valence-electron chi connectivity index (χ1n) is 8.97. The minimum Gasteiger partial charge on any atom is -0.494 e. The number of rotatable bonds is 5. The summed E-state index contributed by atoms with van der Waals surface area (Å²) in [7, 11) is 1.15. The Kier molecular flexibility index (Phi) is 6.86. The number of halogens is 7. The van der Waals surface area contributed by atoms with Crippen molar-refractivity contribution in [2.24, 2.45) is 0 Å². The summed E-state index contributed by atoms with van der Waals surface area (Å²) in [6.07, 6.45) is -14.0. The number of ether oxygens (including phenoxy) is 1. The molecule has 0 aliphatic carbocycles. The third kappa shape index (κ3) is 4.81. The number of hydrogen-bond donors (Lipinski definition) is 3. The molecule has 0 heterocycles. The molecule has 0 atom stereocenters. The maximum absolute atomic E-state index is 14.4. The van der Waals surface area contributed by atoms with E-state index in [-0.39, 0.29) is 33.8 Å². The number of hydrogen-bond acceptors (Lipinski definition) is 3. The Balaban J connectivity index is 2.52. The van der Waals surface area contributed by atoms with Crippen molar-refractivity contribution in [3.05, 3.63) is 52.6 Å². The van der Waals surface area contributed by atoms with Crippen molar-refractivity contribution in [2.45, 2.75) is 31.9 Å². The number of methoxy groups -OCH3 is 1. The average molecular weight is 482 g/mol. The summed E-state index contributed by atoms with van der Waals surface area (Å²) >= 11 is 0. The van der Waals surface area contributed by atoms with E-state index in [2.05, 4.69) is 5.32 Å². The van der Waals surface area contributed by atoms with Gasteiger partial charge in [0.15, 0.2) is 5.75 Å². The monoisotopic (exact) mass is 482 g/mol. The second-order valence-corrected chi connectivity index (χ2v) is 6.91. The molecule has 6 nitrogen and oxygen atoms in total. The summed E-state index contributed by atoms with van der Waals surface area (Å²) < 4.78 is 97.8. The molecule has 33 heavy (non-hydrogen) atoms. The van der Waals surface area contributed by atoms with Crippen LogP contribution in [0.25, 0.3) is 0 Å². The molecule has 2 aromatic carbocycles. The van der Waals surface area contributed by atoms with Crippen LogP contribution >= 0.6 is 0 Å². The smallest absolute Gasteiger partial charge is 0.435 e. The highest BCUT2D eigenvalue weighted by atomic mass is 19.4. The maximum Gasteiger partial charge on any atom is 0.435 e. The fraction of sp³-hybridized carbons (Fsp3) is 0.300. The fourth-order valence-corrected chi connectivity index (χ4v) is 3.18. The Morgan fingerprint density at radius 3 is 1.85 bits per heavy atom. The van der Waals surface area contributed by atoms with E-state index in [4.69, 9.17) is 9.84 Å². The van der Waals surface area contributed by atoms with Gasteiger partial charge in [0.05, 0.1) is 18.4 Å². The number of carbonyl (C=O) groups is 2. The van der Waals surface area contributed by atoms with Crippen LogP contribution in [0.5, 0.6) is 5.75 Å². The summed E-state index contributed by atoms with van der Waals surface area (Å²) in [5.74, 6) is -1.08. The first-order valence-corrected chi connectivity index (χ1v) is 8.97. The minimum atomic E-state index is -6.28. The molecule has 0 saturated carbocycles. The van der Waals surface area contributed by atoms with E-state index in [1.54, 1.807) is 0 Å². The first-order chi connectivity index (χ1) is 15.0. The predicted octanol–water partition coefficient (Wildman–Crippen LogP) is 5.94. The van der Waals surface area contributed by atoms with Gasteiger partial charge >= 0.3 is 24.1 Å². The normalized spacial score (nSPS) is 12.3. The molecule has 0 aliphatic heterocycles. The fourth-order valence-electron chi connectivity index (χ4n) is 3.18. The molecular formula is C20H17F7N2O4. The number of carbonyl (C=O) groups excluding carboxylic acids is 1. The van der Waals surface area contributed by atoms with E-state index in [0.29, 0.717) is 12.1 Å². The van der Waals surface area contributed by atoms with Crippen molar-refractivity contribution >= 4 is 23.4 Å². The van der Waals surface area contributed by atoms with Gasteiger partial charge in [-0.3, -0.25) is 10.1 Å². The molecule has 2 aromatic rings. The molecule has 2 rings (SSSR count). The van der Waals surface area contributed by atoms with Gasteiger partial charge in [0.25, 0.3) is 5.91 Å². The lowest BCUT2D eigenvalue weighted by atomic mass is 9.90. The summed E-state index contributed by atoms with van der Waals surface area (Å²) in [4.78, 5) is 23.6. The number of para-hydroxylation sites is 1. The number of anilines is 2. The highest BCUT2D eigenvalue weighted by molar-refractivity contribution is 6.08. The van der Waals surface area contributed by atoms with Crippen LogP contribution in [-0.2, 0) is 5.67 Å². The van der Waals surface area contributed by atoms with Crippen LogP contribution in [0.1, 0.15) is 27.0 Å². The van der Waals surface area contributed by atoms with Crippen LogP contribution in [0, 0.1) is 13.8 Å². The molecule has 0 bridgehead atoms. The van der Waals surface area contributed by atoms with Gasteiger partial charge in [0, 0.05) is 11.3 Å². The van der Waals surface area contributed by atoms with Crippen molar-refractivity contribution in [3.63, 3.8) is 0 Å². The van der Waals surface area contributed by atoms with E-state index in [1.165, 1.54) is 18.2 Å². The molecule has 2 amide bonds. The highest BCUT2D eigenvalue weighted by Gasteiger charge is 2.73. The molecule has 0 spiro atoms. The van der Waals surface area contributed by atoms with E-state index in [0.717, 1.165) is 21.0 Å². The third-order valence-electron chi connectivity index (χ3n) is 4.66. The Bertz CT molecular complexity index is 1040. The minimum absolute atomic E-state index is 0.0843. The number of benzene rings is 2. The number of aryl methyl sites for hydroxylation is 2. The van der Waals surface area contributed by atoms with E-state index in [9.17, 15) is 40.3 Å². The van der Waals surface area contributed by atoms with E-state index in [1.807, 2.05) is 5.32 Å². The van der Waals surface area contributed by atoms with Crippen LogP contribution in [0.15, 0.2) is 30.3 Å². The van der Waals surface area contributed by atoms with Gasteiger partial charge < -0.3 is 15.2 Å². The van der Waals surface area contributed by atoms with Crippen LogP contribution < -0.4 is 15.4 Å². The largest absolute Gasteiger partial charge is 0.494 e. The van der Waals surface area contributed by atoms with Gasteiger partial charge in [-0.25, -0.2) is 9.18 Å². The number of carboxylic acid groups (broad SMARTS) is 1. The summed E-state index contributed by atoms with van der Waals surface area (Å²) in [5.41, 5.74) is -8.26. The molecule has 0 unspecified atom stereocenters. The maximum atomic E-state index is 14.4. The van der Waals surface area contributed by atoms with Crippen molar-refractivity contribution < 1.29 is 50.2 Å². The molecule has 3 N–H and O–H groups in total. The van der Waals surface area contributed by atoms with Gasteiger partial charge in [-0.15, -0.1) is 0 Å². The molecule has 13 heteroatoms. The van der Waals surface area contributed by atoms with Crippen LogP contribution in [0.2, 0.25) is 0 Å². The number of amides is 2. The van der Waals surface area contributed by atoms with Gasteiger partial charge in [-0.05, 0) is 37.1 Å². The molecule has 180 valence electrons. The predicted molar refractivity (Wildman–Crippen MR) is 103 cm³/mol. The summed E-state index contributed by atoms with van der Waals surface area (Å²) in [6, 6.07) is 4.56. The zero-order valence-corrected chi connectivity index (χ0v) is 17.2. The Morgan fingerprint density at radius 2 is 1.42 bits per heavy atom. The molecular weight excluding hydrogens is 465 g/mol. The standard InChI is InChI=1S/C20H17F7N2O4/c1-9-7-11(18(21,19(22,23)24)20(25,26)27)8-10(2)14(9)29-16(30)12-5-4-6-13(15(12)33-3)28-17(31)32/h4-8,28H,1-3H3,(H,29,30)(H,31,32). The molecule has 0 aliphatic rings. The second-order valence-electron chi connectivity index (χ2n) is 6.91. The SMILES string of the molecule is COc1c(NC(=O)O)cccc1C(=O)Nc1c(C)cc(C(F)(C(F)(F)F)C(F)(F)F)cc1C. The van der Waals surface area contributed by atoms with Gasteiger partial charge in [0.1, 0.15) is 0 Å². The molecule has 0 radical (unpaired) electrons. The summed E-state index contributed by atoms with van der Waals surface area (Å²) in [6.45, 7) is 2.19. The zero-order chi connectivity index (χ0) is 25.4. The number of nitrogens with one attached hydrogen (secondary N) is 2. The first kappa shape index (κ1) is 25.7. The van der Waals surface area contributed by atoms with Crippen LogP contribution in [-0.4, -0.2) is 36.6 Å². The topological polar surface area (TPSA) is 87.7 Å². The van der Waals surface area contributed by atoms with Crippen LogP contribution in [0.3, 0.4) is 0 Å². The van der Waals surface area contributed by atoms with E-state index >= 15 is 0 Å². The molecule has 0 aromatic heterocycles. The quantitative estimate of drug-likeness (QED) is 0.460. The lowest BCUT2D eigenvalue weighted by Crippen LogP contribution is -2.50. The van der Waals surface area contributed by atoms with Gasteiger partial charge in [-0.2, -0.15) is 26.3 Å². The van der Waals surface area contributed by atoms with Crippen molar-refractivity contribution in [3.8, 4) is 5.75 Å². The van der Waals surface area contributed by atoms with Crippen LogP contribution in [0.4, 0.5) is 46.9 Å². The van der Waals surface area contributed by atoms with Gasteiger partial charge in [0.2, 0.25) is 0 Å². The van der Waals surface area contributed by atoms with E-state index < -0.39 is 35.6 Å².